The number of carbonyl (C=O) groups excluding carboxylic acids is 1. The van der Waals surface area contributed by atoms with E-state index < -0.39 is 0 Å². The van der Waals surface area contributed by atoms with Crippen molar-refractivity contribution in [3.05, 3.63) is 29.6 Å². The van der Waals surface area contributed by atoms with Gasteiger partial charge in [-0.05, 0) is 30.4 Å². The summed E-state index contributed by atoms with van der Waals surface area (Å²) in [6.07, 6.45) is 10.6. The van der Waals surface area contributed by atoms with Crippen LogP contribution in [0.4, 0.5) is 0 Å². The van der Waals surface area contributed by atoms with Crippen molar-refractivity contribution in [1.29, 1.82) is 0 Å². The van der Waals surface area contributed by atoms with Gasteiger partial charge in [0.2, 0.25) is 0 Å². The highest BCUT2D eigenvalue weighted by Crippen LogP contribution is 2.28. The molecule has 1 aliphatic carbocycles. The third-order valence-corrected chi connectivity index (χ3v) is 3.98. The van der Waals surface area contributed by atoms with E-state index >= 15 is 0 Å². The van der Waals surface area contributed by atoms with E-state index in [2.05, 4.69) is 18.0 Å². The molecule has 2 heteroatoms. The third-order valence-electron chi connectivity index (χ3n) is 3.98. The summed E-state index contributed by atoms with van der Waals surface area (Å²) in [6, 6.07) is 4.07. The highest BCUT2D eigenvalue weighted by atomic mass is 16.1. The van der Waals surface area contributed by atoms with Crippen molar-refractivity contribution in [2.24, 2.45) is 5.92 Å². The summed E-state index contributed by atoms with van der Waals surface area (Å²) in [5, 5.41) is 0. The van der Waals surface area contributed by atoms with Gasteiger partial charge in [0.15, 0.2) is 0 Å². The van der Waals surface area contributed by atoms with E-state index in [1.807, 2.05) is 12.3 Å². The number of hydrogen-bond acceptors (Lipinski definition) is 2. The number of aromatic nitrogens is 1. The molecule has 0 amide bonds. The molecule has 1 fully saturated rings. The largest absolute Gasteiger partial charge is 0.299 e. The number of hydrogen-bond donors (Lipinski definition) is 0. The molecule has 98 valence electrons. The average molecular weight is 245 g/mol. The Kier molecular flexibility index (Phi) is 4.91. The number of rotatable bonds is 6. The minimum Gasteiger partial charge on any atom is -0.299 e. The van der Waals surface area contributed by atoms with Gasteiger partial charge < -0.3 is 0 Å². The first-order valence-electron chi connectivity index (χ1n) is 7.23. The Morgan fingerprint density at radius 1 is 1.33 bits per heavy atom. The van der Waals surface area contributed by atoms with Crippen LogP contribution in [-0.4, -0.2) is 10.8 Å². The summed E-state index contributed by atoms with van der Waals surface area (Å²) < 4.78 is 0. The number of nitrogens with zero attached hydrogens (tertiary/aromatic N) is 1. The fourth-order valence-corrected chi connectivity index (χ4v) is 2.72. The maximum absolute atomic E-state index is 11.9. The average Bonchev–Trinajstić information content (AvgIpc) is 2.90. The van der Waals surface area contributed by atoms with E-state index in [4.69, 9.17) is 0 Å². The minimum atomic E-state index is 0.346. The van der Waals surface area contributed by atoms with Crippen molar-refractivity contribution in [1.82, 2.24) is 4.98 Å². The van der Waals surface area contributed by atoms with E-state index in [0.717, 1.165) is 30.9 Å². The van der Waals surface area contributed by atoms with Crippen LogP contribution < -0.4 is 0 Å². The molecule has 0 bridgehead atoms. The Bertz CT molecular complexity index is 377. The standard InChI is InChI=1S/C16H23NO/c1-2-13-7-9-15(17-12-13)11-16(18)10-8-14-5-3-4-6-14/h7,9,12,14H,2-6,8,10-11H2,1H3. The summed E-state index contributed by atoms with van der Waals surface area (Å²) in [7, 11) is 0. The minimum absolute atomic E-state index is 0.346. The number of carbonyl (C=O) groups is 1. The molecule has 0 N–H and O–H groups in total. The lowest BCUT2D eigenvalue weighted by Gasteiger charge is -2.07. The van der Waals surface area contributed by atoms with Crippen molar-refractivity contribution in [2.45, 2.75) is 58.3 Å². The van der Waals surface area contributed by atoms with Crippen LogP contribution in [-0.2, 0) is 17.6 Å². The maximum atomic E-state index is 11.9. The molecule has 0 aromatic carbocycles. The highest BCUT2D eigenvalue weighted by Gasteiger charge is 2.16. The molecule has 0 aliphatic heterocycles. The molecule has 18 heavy (non-hydrogen) atoms. The molecule has 1 aromatic heterocycles. The van der Waals surface area contributed by atoms with E-state index in [0.29, 0.717) is 12.2 Å². The fourth-order valence-electron chi connectivity index (χ4n) is 2.72. The molecule has 2 nitrogen and oxygen atoms in total. The van der Waals surface area contributed by atoms with Crippen LogP contribution in [0.3, 0.4) is 0 Å². The van der Waals surface area contributed by atoms with Gasteiger partial charge in [-0.25, -0.2) is 0 Å². The maximum Gasteiger partial charge on any atom is 0.138 e. The summed E-state index contributed by atoms with van der Waals surface area (Å²) in [6.45, 7) is 2.11. The zero-order valence-electron chi connectivity index (χ0n) is 11.3. The predicted octanol–water partition coefficient (Wildman–Crippen LogP) is 3.73. The third kappa shape index (κ3) is 3.94. The van der Waals surface area contributed by atoms with E-state index in [-0.39, 0.29) is 0 Å². The lowest BCUT2D eigenvalue weighted by Crippen LogP contribution is -2.06. The zero-order valence-corrected chi connectivity index (χ0v) is 11.3. The van der Waals surface area contributed by atoms with Gasteiger partial charge in [0.1, 0.15) is 5.78 Å². The topological polar surface area (TPSA) is 30.0 Å². The Labute approximate surface area is 110 Å². The van der Waals surface area contributed by atoms with Crippen LogP contribution in [0, 0.1) is 5.92 Å². The van der Waals surface area contributed by atoms with Crippen LogP contribution >= 0.6 is 0 Å². The molecule has 0 spiro atoms. The molecule has 1 aromatic rings. The zero-order chi connectivity index (χ0) is 12.8. The number of ketones is 1. The van der Waals surface area contributed by atoms with Crippen LogP contribution in [0.5, 0.6) is 0 Å². The number of aryl methyl sites for hydroxylation is 1. The first-order valence-corrected chi connectivity index (χ1v) is 7.23. The van der Waals surface area contributed by atoms with Gasteiger partial charge in [-0.2, -0.15) is 0 Å². The van der Waals surface area contributed by atoms with E-state index in [9.17, 15) is 4.79 Å². The molecule has 0 unspecified atom stereocenters. The number of pyridine rings is 1. The van der Waals surface area contributed by atoms with Gasteiger partial charge >= 0.3 is 0 Å². The Hall–Kier alpha value is -1.18. The summed E-state index contributed by atoms with van der Waals surface area (Å²) in [5.74, 6) is 1.16. The van der Waals surface area contributed by atoms with Crippen molar-refractivity contribution < 1.29 is 4.79 Å². The van der Waals surface area contributed by atoms with Gasteiger partial charge in [0.05, 0.1) is 0 Å². The molecular formula is C16H23NO. The van der Waals surface area contributed by atoms with Gasteiger partial charge in [-0.15, -0.1) is 0 Å². The monoisotopic (exact) mass is 245 g/mol. The summed E-state index contributed by atoms with van der Waals surface area (Å²) in [4.78, 5) is 16.2. The SMILES string of the molecule is CCc1ccc(CC(=O)CCC2CCCC2)nc1. The molecule has 0 atom stereocenters. The second-order valence-electron chi connectivity index (χ2n) is 5.42. The molecule has 1 saturated carbocycles. The smallest absolute Gasteiger partial charge is 0.138 e. The van der Waals surface area contributed by atoms with E-state index in [1.54, 1.807) is 0 Å². The van der Waals surface area contributed by atoms with Crippen molar-refractivity contribution >= 4 is 5.78 Å². The van der Waals surface area contributed by atoms with Crippen LogP contribution in [0.25, 0.3) is 0 Å². The Balaban J connectivity index is 1.75. The van der Waals surface area contributed by atoms with Crippen LogP contribution in [0.2, 0.25) is 0 Å². The summed E-state index contributed by atoms with van der Waals surface area (Å²) in [5.41, 5.74) is 2.15. The molecule has 2 rings (SSSR count). The summed E-state index contributed by atoms with van der Waals surface area (Å²) >= 11 is 0. The van der Waals surface area contributed by atoms with Crippen molar-refractivity contribution in [3.8, 4) is 0 Å². The lowest BCUT2D eigenvalue weighted by atomic mass is 9.98. The second-order valence-corrected chi connectivity index (χ2v) is 5.42. The lowest BCUT2D eigenvalue weighted by molar-refractivity contribution is -0.118. The first kappa shape index (κ1) is 13.3. The van der Waals surface area contributed by atoms with Crippen molar-refractivity contribution in [2.75, 3.05) is 0 Å². The molecular weight excluding hydrogens is 222 g/mol. The fraction of sp³-hybridized carbons (Fsp3) is 0.625. The Morgan fingerprint density at radius 2 is 2.11 bits per heavy atom. The van der Waals surface area contributed by atoms with Gasteiger partial charge in [-0.3, -0.25) is 9.78 Å². The molecule has 1 aliphatic rings. The van der Waals surface area contributed by atoms with E-state index in [1.165, 1.54) is 31.2 Å². The molecule has 0 radical (unpaired) electrons. The van der Waals surface area contributed by atoms with Gasteiger partial charge in [-0.1, -0.05) is 38.7 Å². The molecule has 0 saturated heterocycles. The Morgan fingerprint density at radius 3 is 2.72 bits per heavy atom. The quantitative estimate of drug-likeness (QED) is 0.764. The second kappa shape index (κ2) is 6.67. The van der Waals surface area contributed by atoms with Crippen LogP contribution in [0.1, 0.15) is 56.7 Å². The number of Topliss-reactive ketones (excluding diaryl/α,β-unsaturated/α-hetero) is 1. The normalized spacial score (nSPS) is 16.1. The highest BCUT2D eigenvalue weighted by molar-refractivity contribution is 5.80. The van der Waals surface area contributed by atoms with Crippen LogP contribution in [0.15, 0.2) is 18.3 Å². The molecule has 1 heterocycles. The first-order chi connectivity index (χ1) is 8.78. The van der Waals surface area contributed by atoms with Crippen molar-refractivity contribution in [3.63, 3.8) is 0 Å². The van der Waals surface area contributed by atoms with Gasteiger partial charge in [0, 0.05) is 24.7 Å². The predicted molar refractivity (Wildman–Crippen MR) is 73.5 cm³/mol. The van der Waals surface area contributed by atoms with Gasteiger partial charge in [0.25, 0.3) is 0 Å².